The number of anilines is 2. The first-order chi connectivity index (χ1) is 12.9. The molecule has 2 aromatic rings. The smallest absolute Gasteiger partial charge is 0.367 e. The van der Waals surface area contributed by atoms with E-state index in [0.29, 0.717) is 12.2 Å². The zero-order valence-electron chi connectivity index (χ0n) is 14.7. The molecule has 1 aliphatic heterocycles. The van der Waals surface area contributed by atoms with E-state index in [1.54, 1.807) is 12.1 Å². The third-order valence-corrected chi connectivity index (χ3v) is 4.45. The van der Waals surface area contributed by atoms with Gasteiger partial charge >= 0.3 is 6.18 Å². The molecule has 1 N–H and O–H groups in total. The van der Waals surface area contributed by atoms with Crippen molar-refractivity contribution in [2.24, 2.45) is 0 Å². The van der Waals surface area contributed by atoms with Crippen molar-refractivity contribution in [3.63, 3.8) is 0 Å². The second-order valence-electron chi connectivity index (χ2n) is 6.32. The van der Waals surface area contributed by atoms with Gasteiger partial charge in [-0.3, -0.25) is 4.90 Å². The Morgan fingerprint density at radius 3 is 2.48 bits per heavy atom. The summed E-state index contributed by atoms with van der Waals surface area (Å²) in [7, 11) is 0. The Hall–Kier alpha value is -2.42. The molecule has 1 fully saturated rings. The standard InChI is InChI=1S/C18H21F4N5/c19-14-4-1-2-5-15(14)27-12-10-26(11-13-27)9-3-7-23-17-24-8-6-16(25-17)18(20,21)22/h1-2,4-6,8H,3,7,9-13H2,(H,23,24,25). The summed E-state index contributed by atoms with van der Waals surface area (Å²) < 4.78 is 51.7. The zero-order valence-corrected chi connectivity index (χ0v) is 14.7. The van der Waals surface area contributed by atoms with Gasteiger partial charge in [0.1, 0.15) is 11.5 Å². The van der Waals surface area contributed by atoms with Crippen LogP contribution in [0.1, 0.15) is 12.1 Å². The summed E-state index contributed by atoms with van der Waals surface area (Å²) in [6.07, 6.45) is -2.63. The van der Waals surface area contributed by atoms with Crippen molar-refractivity contribution in [2.75, 3.05) is 49.5 Å². The summed E-state index contributed by atoms with van der Waals surface area (Å²) in [5.41, 5.74) is -0.329. The molecule has 0 radical (unpaired) electrons. The number of nitrogens with zero attached hydrogens (tertiary/aromatic N) is 4. The lowest BCUT2D eigenvalue weighted by Crippen LogP contribution is -2.47. The molecule has 0 saturated carbocycles. The van der Waals surface area contributed by atoms with Crippen molar-refractivity contribution in [1.29, 1.82) is 0 Å². The molecule has 27 heavy (non-hydrogen) atoms. The monoisotopic (exact) mass is 383 g/mol. The third-order valence-electron chi connectivity index (χ3n) is 4.45. The summed E-state index contributed by atoms with van der Waals surface area (Å²) in [4.78, 5) is 11.6. The average Bonchev–Trinajstić information content (AvgIpc) is 2.66. The number of rotatable bonds is 6. The van der Waals surface area contributed by atoms with Gasteiger partial charge in [-0.25, -0.2) is 14.4 Å². The highest BCUT2D eigenvalue weighted by atomic mass is 19.4. The first-order valence-electron chi connectivity index (χ1n) is 8.79. The third kappa shape index (κ3) is 5.29. The fourth-order valence-corrected chi connectivity index (χ4v) is 3.03. The predicted octanol–water partition coefficient (Wildman–Crippen LogP) is 3.26. The van der Waals surface area contributed by atoms with Gasteiger partial charge in [0.2, 0.25) is 5.95 Å². The van der Waals surface area contributed by atoms with E-state index in [1.807, 2.05) is 11.0 Å². The fourth-order valence-electron chi connectivity index (χ4n) is 3.03. The van der Waals surface area contributed by atoms with Gasteiger partial charge in [-0.15, -0.1) is 0 Å². The molecule has 2 heterocycles. The molecule has 0 bridgehead atoms. The maximum absolute atomic E-state index is 13.8. The van der Waals surface area contributed by atoms with Crippen LogP contribution < -0.4 is 10.2 Å². The number of piperazine rings is 1. The number of benzene rings is 1. The van der Waals surface area contributed by atoms with Crippen molar-refractivity contribution < 1.29 is 17.6 Å². The Balaban J connectivity index is 1.39. The Labute approximate surface area is 155 Å². The molecule has 0 spiro atoms. The van der Waals surface area contributed by atoms with Gasteiger partial charge < -0.3 is 10.2 Å². The number of hydrogen-bond donors (Lipinski definition) is 1. The lowest BCUT2D eigenvalue weighted by molar-refractivity contribution is -0.141. The van der Waals surface area contributed by atoms with Gasteiger partial charge in [-0.2, -0.15) is 13.2 Å². The largest absolute Gasteiger partial charge is 0.433 e. The normalized spacial score (nSPS) is 15.8. The van der Waals surface area contributed by atoms with E-state index in [-0.39, 0.29) is 11.8 Å². The van der Waals surface area contributed by atoms with Crippen LogP contribution in [0.25, 0.3) is 0 Å². The highest BCUT2D eigenvalue weighted by Crippen LogP contribution is 2.27. The van der Waals surface area contributed by atoms with Gasteiger partial charge in [0, 0.05) is 38.9 Å². The van der Waals surface area contributed by atoms with Gasteiger partial charge in [0.15, 0.2) is 0 Å². The van der Waals surface area contributed by atoms with E-state index in [4.69, 9.17) is 0 Å². The van der Waals surface area contributed by atoms with E-state index in [2.05, 4.69) is 20.2 Å². The number of para-hydroxylation sites is 1. The molecule has 1 saturated heterocycles. The van der Waals surface area contributed by atoms with Crippen molar-refractivity contribution in [2.45, 2.75) is 12.6 Å². The maximum atomic E-state index is 13.8. The quantitative estimate of drug-likeness (QED) is 0.613. The summed E-state index contributed by atoms with van der Waals surface area (Å²) >= 11 is 0. The predicted molar refractivity (Wildman–Crippen MR) is 95.2 cm³/mol. The molecule has 0 aliphatic carbocycles. The van der Waals surface area contributed by atoms with Crippen LogP contribution >= 0.6 is 0 Å². The first kappa shape index (κ1) is 19.3. The lowest BCUT2D eigenvalue weighted by Gasteiger charge is -2.36. The van der Waals surface area contributed by atoms with Crippen LogP contribution in [0.3, 0.4) is 0 Å². The minimum atomic E-state index is -4.47. The summed E-state index contributed by atoms with van der Waals surface area (Å²) in [5.74, 6) is -0.231. The minimum absolute atomic E-state index is 0.0193. The van der Waals surface area contributed by atoms with Crippen LogP contribution in [-0.4, -0.2) is 54.1 Å². The van der Waals surface area contributed by atoms with Crippen LogP contribution in [0, 0.1) is 5.82 Å². The van der Waals surface area contributed by atoms with E-state index in [1.165, 1.54) is 6.07 Å². The summed E-state index contributed by atoms with van der Waals surface area (Å²) in [6.45, 7) is 4.39. The SMILES string of the molecule is Fc1ccccc1N1CCN(CCCNc2nccc(C(F)(F)F)n2)CC1. The maximum Gasteiger partial charge on any atom is 0.433 e. The Bertz CT molecular complexity index is 745. The Kier molecular flexibility index (Phi) is 6.10. The van der Waals surface area contributed by atoms with Crippen molar-refractivity contribution in [1.82, 2.24) is 14.9 Å². The van der Waals surface area contributed by atoms with Crippen molar-refractivity contribution in [3.05, 3.63) is 48.0 Å². The number of halogens is 4. The zero-order chi connectivity index (χ0) is 19.3. The molecule has 1 aliphatic rings. The first-order valence-corrected chi connectivity index (χ1v) is 8.79. The van der Waals surface area contributed by atoms with Crippen molar-refractivity contribution >= 4 is 11.6 Å². The minimum Gasteiger partial charge on any atom is -0.367 e. The summed E-state index contributed by atoms with van der Waals surface area (Å²) in [6, 6.07) is 7.59. The molecule has 1 aromatic heterocycles. The van der Waals surface area contributed by atoms with Gasteiger partial charge in [-0.05, 0) is 31.2 Å². The molecule has 9 heteroatoms. The summed E-state index contributed by atoms with van der Waals surface area (Å²) in [5, 5.41) is 2.83. The van der Waals surface area contributed by atoms with Crippen LogP contribution in [0.4, 0.5) is 29.2 Å². The molecule has 0 atom stereocenters. The molecular formula is C18H21F4N5. The number of hydrogen-bond acceptors (Lipinski definition) is 5. The number of nitrogens with one attached hydrogen (secondary N) is 1. The topological polar surface area (TPSA) is 44.3 Å². The second kappa shape index (κ2) is 8.51. The Morgan fingerprint density at radius 2 is 1.78 bits per heavy atom. The highest BCUT2D eigenvalue weighted by molar-refractivity contribution is 5.48. The van der Waals surface area contributed by atoms with Crippen LogP contribution in [0.2, 0.25) is 0 Å². The van der Waals surface area contributed by atoms with Crippen LogP contribution in [-0.2, 0) is 6.18 Å². The van der Waals surface area contributed by atoms with E-state index in [0.717, 1.165) is 51.4 Å². The molecular weight excluding hydrogens is 362 g/mol. The molecule has 0 amide bonds. The Morgan fingerprint density at radius 1 is 1.04 bits per heavy atom. The molecule has 3 rings (SSSR count). The molecule has 146 valence electrons. The second-order valence-corrected chi connectivity index (χ2v) is 6.32. The average molecular weight is 383 g/mol. The van der Waals surface area contributed by atoms with E-state index in [9.17, 15) is 17.6 Å². The number of alkyl halides is 3. The molecule has 5 nitrogen and oxygen atoms in total. The van der Waals surface area contributed by atoms with Gasteiger partial charge in [0.05, 0.1) is 5.69 Å². The van der Waals surface area contributed by atoms with E-state index >= 15 is 0 Å². The van der Waals surface area contributed by atoms with Crippen LogP contribution in [0.15, 0.2) is 36.5 Å². The van der Waals surface area contributed by atoms with E-state index < -0.39 is 11.9 Å². The van der Waals surface area contributed by atoms with Crippen molar-refractivity contribution in [3.8, 4) is 0 Å². The van der Waals surface area contributed by atoms with Gasteiger partial charge in [0.25, 0.3) is 0 Å². The van der Waals surface area contributed by atoms with Gasteiger partial charge in [-0.1, -0.05) is 12.1 Å². The lowest BCUT2D eigenvalue weighted by atomic mass is 10.2. The van der Waals surface area contributed by atoms with Crippen LogP contribution in [0.5, 0.6) is 0 Å². The molecule has 0 unspecified atom stereocenters. The fraction of sp³-hybridized carbons (Fsp3) is 0.444. The molecule has 1 aromatic carbocycles. The highest BCUT2D eigenvalue weighted by Gasteiger charge is 2.32. The number of aromatic nitrogens is 2.